The minimum absolute atomic E-state index is 0.233. The van der Waals surface area contributed by atoms with Gasteiger partial charge in [-0.2, -0.15) is 0 Å². The van der Waals surface area contributed by atoms with Crippen LogP contribution in [0.2, 0.25) is 14.8 Å². The maximum absolute atomic E-state index is 12.5. The van der Waals surface area contributed by atoms with Gasteiger partial charge in [-0.15, -0.1) is 0 Å². The third-order valence-corrected chi connectivity index (χ3v) is 11.8. The summed E-state index contributed by atoms with van der Waals surface area (Å²) in [5.74, 6) is 1.61. The number of allylic oxidation sites excluding steroid dienone is 4. The Morgan fingerprint density at radius 3 is 2.52 bits per heavy atom. The van der Waals surface area contributed by atoms with E-state index in [2.05, 4.69) is 48.6 Å². The van der Waals surface area contributed by atoms with Crippen LogP contribution in [-0.2, 0) is 9.53 Å². The van der Waals surface area contributed by atoms with Crippen molar-refractivity contribution in [2.24, 2.45) is 11.3 Å². The molecule has 120 valence electrons. The molecule has 3 heteroatoms. The van der Waals surface area contributed by atoms with Gasteiger partial charge in [0.15, 0.2) is 0 Å². The second-order valence-corrected chi connectivity index (χ2v) is 23.2. The fourth-order valence-electron chi connectivity index (χ4n) is 2.19. The van der Waals surface area contributed by atoms with Gasteiger partial charge in [-0.25, -0.2) is 0 Å². The molecule has 0 saturated heterocycles. The van der Waals surface area contributed by atoms with Crippen LogP contribution in [0.15, 0.2) is 21.5 Å². The Balaban J connectivity index is 2.71. The standard InChI is InChI=1S/C15H23O2.3CH3.Sn/c1-5-6-8-15(4)9-7-13(10-14(15)16)17-11-12(2)3;;;;/h6,10,12H,7-9,11H2,1-4H3;3*1H3;. The van der Waals surface area contributed by atoms with Crippen LogP contribution in [0.25, 0.3) is 0 Å². The molecule has 1 atom stereocenters. The molecule has 1 unspecified atom stereocenters. The first-order valence-electron chi connectivity index (χ1n) is 8.09. The SMILES string of the molecule is C/[C](=C/CC1(C)CCC(OCC(C)C)=CC1=O)[Sn]([CH3])([CH3])[CH3]. The van der Waals surface area contributed by atoms with Gasteiger partial charge in [0.05, 0.1) is 0 Å². The van der Waals surface area contributed by atoms with Crippen molar-refractivity contribution in [3.63, 3.8) is 0 Å². The molecule has 2 nitrogen and oxygen atoms in total. The number of hydrogen-bond acceptors (Lipinski definition) is 2. The fraction of sp³-hybridized carbons (Fsp3) is 0.722. The summed E-state index contributed by atoms with van der Waals surface area (Å²) in [6, 6.07) is 0. The van der Waals surface area contributed by atoms with Gasteiger partial charge in [0.2, 0.25) is 0 Å². The summed E-state index contributed by atoms with van der Waals surface area (Å²) in [5.41, 5.74) is -0.233. The number of ketones is 1. The van der Waals surface area contributed by atoms with E-state index in [-0.39, 0.29) is 11.2 Å². The van der Waals surface area contributed by atoms with Crippen LogP contribution in [0.4, 0.5) is 0 Å². The van der Waals surface area contributed by atoms with Crippen molar-refractivity contribution in [2.45, 2.75) is 61.8 Å². The van der Waals surface area contributed by atoms with Crippen molar-refractivity contribution in [3.8, 4) is 0 Å². The number of hydrogen-bond donors (Lipinski definition) is 0. The number of carbonyl (C=O) groups excluding carboxylic acids is 1. The Kier molecular flexibility index (Phi) is 6.57. The van der Waals surface area contributed by atoms with Gasteiger partial charge in [0.25, 0.3) is 0 Å². The van der Waals surface area contributed by atoms with Crippen LogP contribution in [0.1, 0.15) is 47.0 Å². The van der Waals surface area contributed by atoms with E-state index >= 15 is 0 Å². The molecule has 0 aromatic rings. The summed E-state index contributed by atoms with van der Waals surface area (Å²) in [4.78, 5) is 19.7. The molecule has 1 aliphatic carbocycles. The normalized spacial score (nSPS) is 24.3. The molecule has 1 aliphatic rings. The zero-order chi connectivity index (χ0) is 16.3. The van der Waals surface area contributed by atoms with Gasteiger partial charge in [0, 0.05) is 0 Å². The van der Waals surface area contributed by atoms with Crippen LogP contribution in [-0.4, -0.2) is 30.8 Å². The van der Waals surface area contributed by atoms with Crippen molar-refractivity contribution in [2.75, 3.05) is 6.61 Å². The summed E-state index contributed by atoms with van der Waals surface area (Å²) in [5, 5.41) is 0. The van der Waals surface area contributed by atoms with E-state index in [1.807, 2.05) is 0 Å². The van der Waals surface area contributed by atoms with E-state index in [0.717, 1.165) is 25.0 Å². The molecule has 21 heavy (non-hydrogen) atoms. The van der Waals surface area contributed by atoms with Crippen molar-refractivity contribution in [1.29, 1.82) is 0 Å². The average Bonchev–Trinajstić information content (AvgIpc) is 2.36. The Bertz CT molecular complexity index is 441. The maximum atomic E-state index is 12.5. The number of rotatable bonds is 6. The van der Waals surface area contributed by atoms with Crippen molar-refractivity contribution in [3.05, 3.63) is 21.5 Å². The number of carbonyl (C=O) groups is 1. The molecule has 0 spiro atoms. The van der Waals surface area contributed by atoms with Gasteiger partial charge in [0.1, 0.15) is 0 Å². The van der Waals surface area contributed by atoms with Crippen molar-refractivity contribution in [1.82, 2.24) is 0 Å². The molecule has 0 N–H and O–H groups in total. The zero-order valence-corrected chi connectivity index (χ0v) is 17.7. The molecule has 0 heterocycles. The van der Waals surface area contributed by atoms with Gasteiger partial charge >= 0.3 is 135 Å². The van der Waals surface area contributed by atoms with E-state index in [9.17, 15) is 4.79 Å². The first-order valence-corrected chi connectivity index (χ1v) is 18.1. The predicted octanol–water partition coefficient (Wildman–Crippen LogP) is 5.13. The second kappa shape index (κ2) is 7.34. The molecular weight excluding hydrogens is 367 g/mol. The van der Waals surface area contributed by atoms with Crippen LogP contribution in [0.5, 0.6) is 0 Å². The first kappa shape index (κ1) is 18.8. The number of ether oxygens (including phenoxy) is 1. The van der Waals surface area contributed by atoms with E-state index in [1.165, 1.54) is 0 Å². The molecule has 0 saturated carbocycles. The molecular formula is C18H32O2Sn. The molecule has 0 aromatic heterocycles. The van der Waals surface area contributed by atoms with E-state index in [1.54, 1.807) is 9.67 Å². The summed E-state index contributed by atoms with van der Waals surface area (Å²) in [6.45, 7) is 9.31. The zero-order valence-electron chi connectivity index (χ0n) is 14.9. The Morgan fingerprint density at radius 2 is 2.05 bits per heavy atom. The minimum atomic E-state index is -1.95. The van der Waals surface area contributed by atoms with Gasteiger partial charge in [-0.05, 0) is 0 Å². The van der Waals surface area contributed by atoms with Gasteiger partial charge in [-0.1, -0.05) is 0 Å². The topological polar surface area (TPSA) is 26.3 Å². The quantitative estimate of drug-likeness (QED) is 0.580. The molecule has 1 rings (SSSR count). The van der Waals surface area contributed by atoms with E-state index in [0.29, 0.717) is 12.5 Å². The van der Waals surface area contributed by atoms with Crippen LogP contribution in [0.3, 0.4) is 0 Å². The van der Waals surface area contributed by atoms with Gasteiger partial charge < -0.3 is 0 Å². The molecule has 0 radical (unpaired) electrons. The van der Waals surface area contributed by atoms with Crippen molar-refractivity contribution < 1.29 is 9.53 Å². The predicted molar refractivity (Wildman–Crippen MR) is 92.9 cm³/mol. The van der Waals surface area contributed by atoms with Crippen LogP contribution >= 0.6 is 0 Å². The summed E-state index contributed by atoms with van der Waals surface area (Å²) in [7, 11) is 0. The Labute approximate surface area is 134 Å². The summed E-state index contributed by atoms with van der Waals surface area (Å²) in [6.07, 6.45) is 6.75. The fourth-order valence-corrected chi connectivity index (χ4v) is 4.23. The van der Waals surface area contributed by atoms with Crippen LogP contribution in [0, 0.1) is 11.3 Å². The molecule has 0 aromatic carbocycles. The Morgan fingerprint density at radius 1 is 1.43 bits per heavy atom. The third kappa shape index (κ3) is 5.80. The van der Waals surface area contributed by atoms with E-state index in [4.69, 9.17) is 4.74 Å². The summed E-state index contributed by atoms with van der Waals surface area (Å²) < 4.78 is 7.28. The molecule has 0 bridgehead atoms. The van der Waals surface area contributed by atoms with Gasteiger partial charge in [-0.3, -0.25) is 0 Å². The summed E-state index contributed by atoms with van der Waals surface area (Å²) >= 11 is -1.95. The third-order valence-electron chi connectivity index (χ3n) is 4.45. The average molecular weight is 399 g/mol. The van der Waals surface area contributed by atoms with Crippen LogP contribution < -0.4 is 0 Å². The Hall–Kier alpha value is -0.251. The first-order chi connectivity index (χ1) is 9.54. The molecule has 0 aliphatic heterocycles. The monoisotopic (exact) mass is 400 g/mol. The van der Waals surface area contributed by atoms with Crippen molar-refractivity contribution >= 4 is 24.2 Å². The molecule has 0 fully saturated rings. The van der Waals surface area contributed by atoms with E-state index < -0.39 is 18.4 Å². The second-order valence-electron chi connectivity index (χ2n) is 8.08. The molecule has 0 amide bonds.